The van der Waals surface area contributed by atoms with Crippen LogP contribution in [0.15, 0.2) is 78.9 Å². The average molecular weight is 326 g/mol. The Balaban J connectivity index is 1.69. The van der Waals surface area contributed by atoms with Crippen LogP contribution < -0.4 is 0 Å². The molecule has 1 aromatic carbocycles. The van der Waals surface area contributed by atoms with Crippen molar-refractivity contribution in [2.45, 2.75) is 7.75 Å². The van der Waals surface area contributed by atoms with Crippen molar-refractivity contribution in [3.8, 4) is 0 Å². The van der Waals surface area contributed by atoms with Crippen LogP contribution in [0.25, 0.3) is 0 Å². The van der Waals surface area contributed by atoms with Crippen molar-refractivity contribution in [1.82, 2.24) is 0 Å². The van der Waals surface area contributed by atoms with Crippen molar-refractivity contribution in [1.29, 1.82) is 0 Å². The van der Waals surface area contributed by atoms with Crippen LogP contribution in [0.4, 0.5) is 0 Å². The van der Waals surface area contributed by atoms with E-state index >= 15 is 0 Å². The van der Waals surface area contributed by atoms with Gasteiger partial charge in [-0.05, 0) is 0 Å². The van der Waals surface area contributed by atoms with Gasteiger partial charge in [-0.15, -0.1) is 0 Å². The van der Waals surface area contributed by atoms with E-state index < -0.39 is 23.2 Å². The van der Waals surface area contributed by atoms with E-state index in [-0.39, 0.29) is 0 Å². The van der Waals surface area contributed by atoms with E-state index in [4.69, 9.17) is 0 Å². The van der Waals surface area contributed by atoms with Gasteiger partial charge >= 0.3 is 127 Å². The fourth-order valence-corrected chi connectivity index (χ4v) is 6.91. The van der Waals surface area contributed by atoms with Gasteiger partial charge in [0.2, 0.25) is 0 Å². The third-order valence-corrected chi connectivity index (χ3v) is 8.33. The summed E-state index contributed by atoms with van der Waals surface area (Å²) in [4.78, 5) is 0. The molecule has 1 heteroatoms. The Morgan fingerprint density at radius 1 is 0.789 bits per heavy atom. The Bertz CT molecular complexity index is 470. The monoisotopic (exact) mass is 324 g/mol. The predicted octanol–water partition coefficient (Wildman–Crippen LogP) is 4.54. The van der Waals surface area contributed by atoms with Crippen LogP contribution in [0.5, 0.6) is 0 Å². The molecule has 1 aromatic rings. The fourth-order valence-electron chi connectivity index (χ4n) is 2.74. The van der Waals surface area contributed by atoms with Crippen molar-refractivity contribution < 1.29 is 23.2 Å². The Labute approximate surface area is 127 Å². The first-order valence-electron chi connectivity index (χ1n) is 6.91. The molecule has 0 saturated carbocycles. The molecule has 0 saturated heterocycles. The predicted molar refractivity (Wildman–Crippen MR) is 77.4 cm³/mol. The van der Waals surface area contributed by atoms with Gasteiger partial charge in [0, 0.05) is 0 Å². The summed E-state index contributed by atoms with van der Waals surface area (Å²) < 4.78 is 2.19. The molecule has 0 aliphatic heterocycles. The van der Waals surface area contributed by atoms with Gasteiger partial charge < -0.3 is 0 Å². The molecule has 0 N–H and O–H groups in total. The Morgan fingerprint density at radius 3 is 1.84 bits per heavy atom. The summed E-state index contributed by atoms with van der Waals surface area (Å²) in [5.74, 6) is 1.35. The Kier molecular flexibility index (Phi) is 4.46. The van der Waals surface area contributed by atoms with Gasteiger partial charge in [0.25, 0.3) is 0 Å². The first kappa shape index (κ1) is 13.1. The second kappa shape index (κ2) is 6.48. The Morgan fingerprint density at radius 2 is 1.32 bits per heavy atom. The molecule has 19 heavy (non-hydrogen) atoms. The van der Waals surface area contributed by atoms with Crippen LogP contribution in [-0.4, -0.2) is 0 Å². The molecule has 2 aliphatic carbocycles. The van der Waals surface area contributed by atoms with Gasteiger partial charge in [0.05, 0.1) is 0 Å². The van der Waals surface area contributed by atoms with E-state index in [1.807, 2.05) is 0 Å². The normalized spacial score (nSPS) is 17.9. The molecule has 94 valence electrons. The second-order valence-electron chi connectivity index (χ2n) is 5.09. The molecule has 0 atom stereocenters. The average Bonchev–Trinajstić information content (AvgIpc) is 3.13. The van der Waals surface area contributed by atoms with Gasteiger partial charge in [-0.25, -0.2) is 0 Å². The van der Waals surface area contributed by atoms with Crippen molar-refractivity contribution >= 4 is 0 Å². The van der Waals surface area contributed by atoms with Crippen LogP contribution in [0.2, 0.25) is 3.63 Å². The van der Waals surface area contributed by atoms with Gasteiger partial charge in [-0.1, -0.05) is 0 Å². The van der Waals surface area contributed by atoms with Crippen LogP contribution in [0.1, 0.15) is 5.56 Å². The van der Waals surface area contributed by atoms with E-state index in [2.05, 4.69) is 78.9 Å². The summed E-state index contributed by atoms with van der Waals surface area (Å²) in [6.45, 7) is 0. The zero-order valence-electron chi connectivity index (χ0n) is 10.9. The van der Waals surface area contributed by atoms with Crippen LogP contribution in [0.3, 0.4) is 0 Å². The minimum atomic E-state index is -0.445. The zero-order valence-corrected chi connectivity index (χ0v) is 13.4. The summed E-state index contributed by atoms with van der Waals surface area (Å²) in [5.41, 5.74) is 1.52. The first-order valence-corrected chi connectivity index (χ1v) is 10.1. The van der Waals surface area contributed by atoms with Crippen molar-refractivity contribution in [2.75, 3.05) is 0 Å². The number of allylic oxidation sites excluding steroid dienone is 8. The molecule has 0 aromatic heterocycles. The maximum atomic E-state index is 2.39. The molecule has 2 aliphatic rings. The van der Waals surface area contributed by atoms with E-state index in [0.29, 0.717) is 11.8 Å². The number of hydrogen-bond donors (Lipinski definition) is 0. The van der Waals surface area contributed by atoms with Crippen molar-refractivity contribution in [3.05, 3.63) is 84.5 Å². The first-order chi connectivity index (χ1) is 9.43. The summed E-state index contributed by atoms with van der Waals surface area (Å²) in [6.07, 6.45) is 18.4. The summed E-state index contributed by atoms with van der Waals surface area (Å²) in [5, 5.41) is 0. The van der Waals surface area contributed by atoms with Crippen molar-refractivity contribution in [2.24, 2.45) is 11.8 Å². The molecular weight excluding hydrogens is 307 g/mol. The standard InChI is InChI=1S/C11H11.C7H7.Zr/c1-2-6-10(5-1)9-11-7-3-4-8-11;1-7-5-3-2-4-6-7;/h1-11H;2-6H,1H2;. The maximum absolute atomic E-state index is 2.39. The van der Waals surface area contributed by atoms with Gasteiger partial charge in [-0.2, -0.15) is 0 Å². The van der Waals surface area contributed by atoms with Crippen LogP contribution in [-0.2, 0) is 27.4 Å². The third-order valence-electron chi connectivity index (χ3n) is 3.77. The van der Waals surface area contributed by atoms with Gasteiger partial charge in [-0.3, -0.25) is 0 Å². The number of hydrogen-bond acceptors (Lipinski definition) is 0. The molecule has 0 spiro atoms. The fraction of sp³-hybridized carbons (Fsp3) is 0.222. The molecule has 0 fully saturated rings. The topological polar surface area (TPSA) is 0 Å². The second-order valence-corrected chi connectivity index (χ2v) is 8.60. The van der Waals surface area contributed by atoms with E-state index in [1.54, 1.807) is 0 Å². The van der Waals surface area contributed by atoms with Crippen molar-refractivity contribution in [3.63, 3.8) is 0 Å². The quantitative estimate of drug-likeness (QED) is 0.745. The minimum absolute atomic E-state index is 0.445. The molecule has 0 nitrogen and oxygen atoms in total. The molecule has 0 heterocycles. The summed E-state index contributed by atoms with van der Waals surface area (Å²) >= 11 is -0.445. The third kappa shape index (κ3) is 3.34. The molecule has 0 bridgehead atoms. The van der Waals surface area contributed by atoms with E-state index in [9.17, 15) is 0 Å². The molecule has 0 unspecified atom stereocenters. The Hall–Kier alpha value is -0.937. The van der Waals surface area contributed by atoms with E-state index in [0.717, 1.165) is 3.63 Å². The van der Waals surface area contributed by atoms with Crippen LogP contribution in [0, 0.1) is 11.8 Å². The van der Waals surface area contributed by atoms with Gasteiger partial charge in [0.1, 0.15) is 0 Å². The molecule has 0 amide bonds. The molecule has 0 radical (unpaired) electrons. The number of rotatable bonds is 5. The van der Waals surface area contributed by atoms with Crippen LogP contribution >= 0.6 is 0 Å². The molecular formula is C18H18Zr. The van der Waals surface area contributed by atoms with Gasteiger partial charge in [0.15, 0.2) is 0 Å². The molecule has 3 rings (SSSR count). The summed E-state index contributed by atoms with van der Waals surface area (Å²) in [7, 11) is 0. The summed E-state index contributed by atoms with van der Waals surface area (Å²) in [6, 6.07) is 11.0. The van der Waals surface area contributed by atoms with E-state index in [1.165, 1.54) is 9.69 Å². The number of benzene rings is 1. The SMILES string of the molecule is C1=CC([CH]([Zr][CH2]c2ccccc2)C2C=CC=C2)C=C1. The zero-order chi connectivity index (χ0) is 12.9.